The van der Waals surface area contributed by atoms with Crippen LogP contribution < -0.4 is 15.5 Å². The first kappa shape index (κ1) is 18.3. The van der Waals surface area contributed by atoms with Crippen LogP contribution in [0.15, 0.2) is 53.4 Å². The molecule has 0 aliphatic carbocycles. The van der Waals surface area contributed by atoms with Gasteiger partial charge in [0.05, 0.1) is 18.0 Å². The number of rotatable bonds is 6. The second-order valence-electron chi connectivity index (χ2n) is 5.94. The number of anilines is 1. The van der Waals surface area contributed by atoms with Crippen LogP contribution in [0.5, 0.6) is 0 Å². The molecule has 0 atom stereocenters. The predicted octanol–water partition coefficient (Wildman–Crippen LogP) is 2.17. The Labute approximate surface area is 156 Å². The van der Waals surface area contributed by atoms with E-state index in [1.807, 2.05) is 30.3 Å². The lowest BCUT2D eigenvalue weighted by Gasteiger charge is -2.29. The van der Waals surface area contributed by atoms with Crippen molar-refractivity contribution in [3.63, 3.8) is 0 Å². The fourth-order valence-corrected chi connectivity index (χ4v) is 3.43. The van der Waals surface area contributed by atoms with Gasteiger partial charge in [-0.15, -0.1) is 11.8 Å². The molecule has 0 spiro atoms. The van der Waals surface area contributed by atoms with Crippen LogP contribution in [0.1, 0.15) is 5.56 Å². The standard InChI is InChI=1S/C19H20FN3O2S/c20-16-10-14(6-7-17(16)23-9-8-21-18(24)12-23)11-22-19(25)13-26-15-4-2-1-3-5-15/h1-7,10H,8-9,11-13H2,(H,21,24)(H,22,25). The molecule has 1 saturated heterocycles. The number of benzene rings is 2. The van der Waals surface area contributed by atoms with Gasteiger partial charge in [0.2, 0.25) is 11.8 Å². The van der Waals surface area contributed by atoms with E-state index in [0.717, 1.165) is 4.90 Å². The number of carbonyl (C=O) groups excluding carboxylic acids is 2. The van der Waals surface area contributed by atoms with Crippen LogP contribution in [0, 0.1) is 5.82 Å². The zero-order valence-electron chi connectivity index (χ0n) is 14.2. The number of hydrogen-bond acceptors (Lipinski definition) is 4. The molecule has 1 fully saturated rings. The maximum atomic E-state index is 14.4. The molecule has 0 aromatic heterocycles. The summed E-state index contributed by atoms with van der Waals surface area (Å²) in [5.41, 5.74) is 1.10. The van der Waals surface area contributed by atoms with E-state index in [1.165, 1.54) is 17.8 Å². The van der Waals surface area contributed by atoms with E-state index in [-0.39, 0.29) is 30.7 Å². The van der Waals surface area contributed by atoms with Crippen LogP contribution in [0.4, 0.5) is 10.1 Å². The van der Waals surface area contributed by atoms with Gasteiger partial charge in [-0.25, -0.2) is 4.39 Å². The molecule has 2 N–H and O–H groups in total. The van der Waals surface area contributed by atoms with Crippen molar-refractivity contribution >= 4 is 29.3 Å². The molecular formula is C19H20FN3O2S. The maximum absolute atomic E-state index is 14.4. The van der Waals surface area contributed by atoms with Gasteiger partial charge in [0.1, 0.15) is 5.82 Å². The van der Waals surface area contributed by atoms with Crippen molar-refractivity contribution in [1.82, 2.24) is 10.6 Å². The third kappa shape index (κ3) is 4.98. The minimum absolute atomic E-state index is 0.101. The molecule has 1 heterocycles. The summed E-state index contributed by atoms with van der Waals surface area (Å²) in [5, 5.41) is 5.51. The summed E-state index contributed by atoms with van der Waals surface area (Å²) in [6.45, 7) is 1.51. The number of nitrogens with one attached hydrogen (secondary N) is 2. The molecule has 0 bridgehead atoms. The van der Waals surface area contributed by atoms with Gasteiger partial charge in [-0.05, 0) is 29.8 Å². The van der Waals surface area contributed by atoms with E-state index in [2.05, 4.69) is 10.6 Å². The normalized spacial score (nSPS) is 14.0. The Morgan fingerprint density at radius 1 is 1.23 bits per heavy atom. The number of halogens is 1. The maximum Gasteiger partial charge on any atom is 0.239 e. The monoisotopic (exact) mass is 373 g/mol. The Bertz CT molecular complexity index is 786. The van der Waals surface area contributed by atoms with Crippen molar-refractivity contribution in [2.75, 3.05) is 30.3 Å². The second-order valence-corrected chi connectivity index (χ2v) is 6.98. The van der Waals surface area contributed by atoms with Crippen molar-refractivity contribution in [3.8, 4) is 0 Å². The van der Waals surface area contributed by atoms with E-state index in [4.69, 9.17) is 0 Å². The largest absolute Gasteiger partial charge is 0.358 e. The lowest BCUT2D eigenvalue weighted by Crippen LogP contribution is -2.48. The summed E-state index contributed by atoms with van der Waals surface area (Å²) in [6.07, 6.45) is 0. The number of thioether (sulfide) groups is 1. The molecule has 26 heavy (non-hydrogen) atoms. The van der Waals surface area contributed by atoms with E-state index in [0.29, 0.717) is 30.1 Å². The van der Waals surface area contributed by atoms with Gasteiger partial charge in [-0.1, -0.05) is 24.3 Å². The zero-order valence-corrected chi connectivity index (χ0v) is 15.0. The fraction of sp³-hybridized carbons (Fsp3) is 0.263. The summed E-state index contributed by atoms with van der Waals surface area (Å²) in [7, 11) is 0. The van der Waals surface area contributed by atoms with Crippen LogP contribution in [0.25, 0.3) is 0 Å². The van der Waals surface area contributed by atoms with Crippen LogP contribution in [0.3, 0.4) is 0 Å². The van der Waals surface area contributed by atoms with Gasteiger partial charge in [0, 0.05) is 24.5 Å². The van der Waals surface area contributed by atoms with Gasteiger partial charge in [-0.3, -0.25) is 9.59 Å². The van der Waals surface area contributed by atoms with Crippen LogP contribution in [-0.2, 0) is 16.1 Å². The molecule has 1 aliphatic heterocycles. The average Bonchev–Trinajstić information content (AvgIpc) is 2.65. The number of carbonyl (C=O) groups is 2. The quantitative estimate of drug-likeness (QED) is 0.762. The number of amides is 2. The molecule has 0 radical (unpaired) electrons. The highest BCUT2D eigenvalue weighted by atomic mass is 32.2. The highest BCUT2D eigenvalue weighted by Gasteiger charge is 2.19. The Hall–Kier alpha value is -2.54. The average molecular weight is 373 g/mol. The molecule has 5 nitrogen and oxygen atoms in total. The minimum atomic E-state index is -0.384. The van der Waals surface area contributed by atoms with Gasteiger partial charge in [0.15, 0.2) is 0 Å². The summed E-state index contributed by atoms with van der Waals surface area (Å²) < 4.78 is 14.4. The topological polar surface area (TPSA) is 61.4 Å². The number of hydrogen-bond donors (Lipinski definition) is 2. The van der Waals surface area contributed by atoms with Crippen molar-refractivity contribution in [2.24, 2.45) is 0 Å². The summed E-state index contributed by atoms with van der Waals surface area (Å²) in [6, 6.07) is 14.5. The summed E-state index contributed by atoms with van der Waals surface area (Å²) in [4.78, 5) is 26.1. The van der Waals surface area contributed by atoms with Crippen LogP contribution in [0.2, 0.25) is 0 Å². The molecule has 3 rings (SSSR count). The Morgan fingerprint density at radius 3 is 2.77 bits per heavy atom. The Kier molecular flexibility index (Phi) is 6.12. The first-order chi connectivity index (χ1) is 12.6. The van der Waals surface area contributed by atoms with Gasteiger partial charge < -0.3 is 15.5 Å². The third-order valence-corrected chi connectivity index (χ3v) is 5.01. The van der Waals surface area contributed by atoms with Crippen LogP contribution in [-0.4, -0.2) is 37.2 Å². The molecule has 2 aromatic rings. The van der Waals surface area contributed by atoms with Crippen molar-refractivity contribution in [1.29, 1.82) is 0 Å². The Morgan fingerprint density at radius 2 is 2.04 bits per heavy atom. The Balaban J connectivity index is 1.51. The third-order valence-electron chi connectivity index (χ3n) is 3.99. The van der Waals surface area contributed by atoms with Crippen molar-refractivity contribution in [3.05, 3.63) is 59.9 Å². The molecule has 0 saturated carbocycles. The molecule has 2 amide bonds. The number of nitrogens with zero attached hydrogens (tertiary/aromatic N) is 1. The van der Waals surface area contributed by atoms with Crippen molar-refractivity contribution < 1.29 is 14.0 Å². The SMILES string of the molecule is O=C(CSc1ccccc1)NCc1ccc(N2CCNC(=O)C2)c(F)c1. The zero-order chi connectivity index (χ0) is 18.4. The number of piperazine rings is 1. The van der Waals surface area contributed by atoms with E-state index in [9.17, 15) is 14.0 Å². The van der Waals surface area contributed by atoms with Gasteiger partial charge in [-0.2, -0.15) is 0 Å². The lowest BCUT2D eigenvalue weighted by atomic mass is 10.1. The smallest absolute Gasteiger partial charge is 0.239 e. The highest BCUT2D eigenvalue weighted by Crippen LogP contribution is 2.21. The second kappa shape index (κ2) is 8.71. The molecule has 2 aromatic carbocycles. The fourth-order valence-electron chi connectivity index (χ4n) is 2.68. The first-order valence-electron chi connectivity index (χ1n) is 8.36. The summed E-state index contributed by atoms with van der Waals surface area (Å²) in [5.74, 6) is -0.281. The van der Waals surface area contributed by atoms with E-state index < -0.39 is 0 Å². The van der Waals surface area contributed by atoms with Gasteiger partial charge >= 0.3 is 0 Å². The molecular weight excluding hydrogens is 353 g/mol. The molecule has 0 unspecified atom stereocenters. The minimum Gasteiger partial charge on any atom is -0.358 e. The predicted molar refractivity (Wildman–Crippen MR) is 101 cm³/mol. The van der Waals surface area contributed by atoms with Gasteiger partial charge in [0.25, 0.3) is 0 Å². The summed E-state index contributed by atoms with van der Waals surface area (Å²) >= 11 is 1.46. The highest BCUT2D eigenvalue weighted by molar-refractivity contribution is 8.00. The molecule has 7 heteroatoms. The first-order valence-corrected chi connectivity index (χ1v) is 9.35. The van der Waals surface area contributed by atoms with Crippen molar-refractivity contribution in [2.45, 2.75) is 11.4 Å². The lowest BCUT2D eigenvalue weighted by molar-refractivity contribution is -0.120. The van der Waals surface area contributed by atoms with E-state index >= 15 is 0 Å². The van der Waals surface area contributed by atoms with Crippen LogP contribution >= 0.6 is 11.8 Å². The molecule has 136 valence electrons. The molecule has 1 aliphatic rings. The van der Waals surface area contributed by atoms with E-state index in [1.54, 1.807) is 17.0 Å².